The van der Waals surface area contributed by atoms with Crippen LogP contribution in [0.1, 0.15) is 96.0 Å². The summed E-state index contributed by atoms with van der Waals surface area (Å²) in [5.74, 6) is 0.681. The third kappa shape index (κ3) is 14.3. The molecular formula is C33H50N2. The molecule has 1 aromatic carbocycles. The lowest BCUT2D eigenvalue weighted by molar-refractivity contribution is 0.573. The molecule has 35 heavy (non-hydrogen) atoms. The first-order chi connectivity index (χ1) is 16.7. The minimum atomic E-state index is 0.643. The fraction of sp³-hybridized carbons (Fsp3) is 0.424. The summed E-state index contributed by atoms with van der Waals surface area (Å²) >= 11 is 0. The SMILES string of the molecule is C=C(C)CC.C=C/C(C)=C(C)\C=C/C.CC1CCCc2cccnc21.CCc1ccc(CN)cc1. The van der Waals surface area contributed by atoms with Crippen LogP contribution in [0, 0.1) is 0 Å². The van der Waals surface area contributed by atoms with Crippen molar-refractivity contribution in [1.82, 2.24) is 4.98 Å². The van der Waals surface area contributed by atoms with Gasteiger partial charge < -0.3 is 5.73 Å². The van der Waals surface area contributed by atoms with E-state index in [9.17, 15) is 0 Å². The van der Waals surface area contributed by atoms with Gasteiger partial charge in [-0.3, -0.25) is 4.98 Å². The summed E-state index contributed by atoms with van der Waals surface area (Å²) in [6.45, 7) is 22.7. The predicted octanol–water partition coefficient (Wildman–Crippen LogP) is 9.29. The van der Waals surface area contributed by atoms with E-state index in [4.69, 9.17) is 5.73 Å². The third-order valence-electron chi connectivity index (χ3n) is 6.09. The van der Waals surface area contributed by atoms with Crippen LogP contribution >= 0.6 is 0 Å². The van der Waals surface area contributed by atoms with Gasteiger partial charge in [-0.05, 0) is 99.6 Å². The van der Waals surface area contributed by atoms with Crippen LogP contribution in [0.15, 0.2) is 90.7 Å². The number of nitrogens with zero attached hydrogens (tertiary/aromatic N) is 1. The molecule has 192 valence electrons. The standard InChI is InChI=1S/C10H13N.C9H13N.C9H14.C5H10/c1-8-4-2-5-9-6-3-7-11-10(8)9;1-2-8-3-5-9(7-10)6-4-8;1-5-7-9(4)8(3)6-2;1-4-5(2)3/h3,6-8H,2,4-5H2,1H3;3-6H,2,7,10H2,1H3;5-7H,2H2,1,3-4H3;2,4H2,1,3H3/b;;7-5-,9-8-;. The molecular weight excluding hydrogens is 424 g/mol. The summed E-state index contributed by atoms with van der Waals surface area (Å²) in [6, 6.07) is 12.7. The average Bonchev–Trinajstić information content (AvgIpc) is 2.89. The second-order valence-electron chi connectivity index (χ2n) is 9.10. The normalized spacial score (nSPS) is 14.6. The van der Waals surface area contributed by atoms with Crippen molar-refractivity contribution in [2.45, 2.75) is 93.0 Å². The molecule has 0 radical (unpaired) electrons. The maximum absolute atomic E-state index is 5.44. The zero-order chi connectivity index (χ0) is 26.6. The second-order valence-corrected chi connectivity index (χ2v) is 9.10. The highest BCUT2D eigenvalue weighted by Gasteiger charge is 2.16. The quantitative estimate of drug-likeness (QED) is 0.346. The van der Waals surface area contributed by atoms with Crippen LogP contribution in [0.25, 0.3) is 0 Å². The van der Waals surface area contributed by atoms with Crippen molar-refractivity contribution >= 4 is 0 Å². The number of fused-ring (bicyclic) bond motifs is 1. The van der Waals surface area contributed by atoms with Crippen LogP contribution in [0.3, 0.4) is 0 Å². The fourth-order valence-electron chi connectivity index (χ4n) is 3.29. The molecule has 0 amide bonds. The van der Waals surface area contributed by atoms with Crippen molar-refractivity contribution in [3.63, 3.8) is 0 Å². The third-order valence-corrected chi connectivity index (χ3v) is 6.09. The molecule has 1 aromatic heterocycles. The van der Waals surface area contributed by atoms with E-state index in [0.717, 1.165) is 12.8 Å². The number of benzene rings is 1. The number of pyridine rings is 1. The van der Waals surface area contributed by atoms with Crippen LogP contribution in [0.2, 0.25) is 0 Å². The second kappa shape index (κ2) is 19.6. The van der Waals surface area contributed by atoms with Crippen molar-refractivity contribution in [3.05, 3.63) is 113 Å². The Labute approximate surface area is 216 Å². The first-order valence-corrected chi connectivity index (χ1v) is 13.0. The van der Waals surface area contributed by atoms with E-state index in [1.165, 1.54) is 58.4 Å². The number of hydrogen-bond acceptors (Lipinski definition) is 2. The Kier molecular flexibility index (Phi) is 18.1. The highest BCUT2D eigenvalue weighted by Crippen LogP contribution is 2.28. The van der Waals surface area contributed by atoms with Crippen molar-refractivity contribution in [2.75, 3.05) is 0 Å². The van der Waals surface area contributed by atoms with Crippen molar-refractivity contribution in [3.8, 4) is 0 Å². The van der Waals surface area contributed by atoms with Gasteiger partial charge in [0.25, 0.3) is 0 Å². The highest BCUT2D eigenvalue weighted by molar-refractivity contribution is 5.28. The van der Waals surface area contributed by atoms with Gasteiger partial charge in [0.15, 0.2) is 0 Å². The molecule has 2 aromatic rings. The van der Waals surface area contributed by atoms with Gasteiger partial charge in [0.2, 0.25) is 0 Å². The Morgan fingerprint density at radius 2 is 1.66 bits per heavy atom. The minimum Gasteiger partial charge on any atom is -0.326 e. The summed E-state index contributed by atoms with van der Waals surface area (Å²) in [5.41, 5.74) is 14.6. The van der Waals surface area contributed by atoms with E-state index >= 15 is 0 Å². The van der Waals surface area contributed by atoms with E-state index in [-0.39, 0.29) is 0 Å². The van der Waals surface area contributed by atoms with Crippen LogP contribution in [0.4, 0.5) is 0 Å². The lowest BCUT2D eigenvalue weighted by atomic mass is 9.88. The Hall–Kier alpha value is -2.71. The molecule has 2 nitrogen and oxygen atoms in total. The number of aryl methyl sites for hydroxylation is 2. The van der Waals surface area contributed by atoms with Crippen LogP contribution in [-0.4, -0.2) is 4.98 Å². The summed E-state index contributed by atoms with van der Waals surface area (Å²) in [4.78, 5) is 4.40. The number of nitrogens with two attached hydrogens (primary N) is 1. The summed E-state index contributed by atoms with van der Waals surface area (Å²) in [7, 11) is 0. The van der Waals surface area contributed by atoms with Crippen LogP contribution in [-0.2, 0) is 19.4 Å². The first-order valence-electron chi connectivity index (χ1n) is 13.0. The van der Waals surface area contributed by atoms with E-state index < -0.39 is 0 Å². The molecule has 0 aliphatic heterocycles. The Morgan fingerprint density at radius 3 is 2.11 bits per heavy atom. The van der Waals surface area contributed by atoms with Gasteiger partial charge in [-0.15, -0.1) is 6.58 Å². The van der Waals surface area contributed by atoms with Crippen LogP contribution in [0.5, 0.6) is 0 Å². The molecule has 0 bridgehead atoms. The molecule has 1 aliphatic rings. The monoisotopic (exact) mass is 474 g/mol. The van der Waals surface area contributed by atoms with Gasteiger partial charge in [0.1, 0.15) is 0 Å². The Morgan fingerprint density at radius 1 is 1.06 bits per heavy atom. The van der Waals surface area contributed by atoms with Gasteiger partial charge in [0, 0.05) is 18.4 Å². The average molecular weight is 475 g/mol. The van der Waals surface area contributed by atoms with E-state index in [1.54, 1.807) is 0 Å². The van der Waals surface area contributed by atoms with Gasteiger partial charge in [-0.1, -0.05) is 81.5 Å². The zero-order valence-corrected chi connectivity index (χ0v) is 23.5. The van der Waals surface area contributed by atoms with Crippen molar-refractivity contribution < 1.29 is 0 Å². The predicted molar refractivity (Wildman–Crippen MR) is 158 cm³/mol. The van der Waals surface area contributed by atoms with Gasteiger partial charge in [-0.25, -0.2) is 0 Å². The van der Waals surface area contributed by atoms with E-state index in [0.29, 0.717) is 12.5 Å². The van der Waals surface area contributed by atoms with Crippen molar-refractivity contribution in [1.29, 1.82) is 0 Å². The van der Waals surface area contributed by atoms with Gasteiger partial charge in [0.05, 0.1) is 0 Å². The lowest BCUT2D eigenvalue weighted by Gasteiger charge is -2.20. The maximum Gasteiger partial charge on any atom is 0.0463 e. The Balaban J connectivity index is 0.000000456. The summed E-state index contributed by atoms with van der Waals surface area (Å²) in [6.07, 6.45) is 14.0. The van der Waals surface area contributed by atoms with Crippen molar-refractivity contribution in [2.24, 2.45) is 5.73 Å². The van der Waals surface area contributed by atoms with E-state index in [2.05, 4.69) is 89.2 Å². The molecule has 0 fully saturated rings. The maximum atomic E-state index is 5.44. The molecule has 1 aliphatic carbocycles. The first kappa shape index (κ1) is 32.3. The molecule has 2 N–H and O–H groups in total. The van der Waals surface area contributed by atoms with E-state index in [1.807, 2.05) is 38.3 Å². The minimum absolute atomic E-state index is 0.643. The van der Waals surface area contributed by atoms with Gasteiger partial charge in [-0.2, -0.15) is 0 Å². The van der Waals surface area contributed by atoms with Gasteiger partial charge >= 0.3 is 0 Å². The Bertz CT molecular complexity index is 893. The zero-order valence-electron chi connectivity index (χ0n) is 23.5. The number of rotatable bonds is 5. The topological polar surface area (TPSA) is 38.9 Å². The molecule has 2 heteroatoms. The molecule has 1 atom stereocenters. The fourth-order valence-corrected chi connectivity index (χ4v) is 3.29. The number of allylic oxidation sites excluding steroid dienone is 6. The smallest absolute Gasteiger partial charge is 0.0463 e. The largest absolute Gasteiger partial charge is 0.326 e. The van der Waals surface area contributed by atoms with Crippen LogP contribution < -0.4 is 5.73 Å². The lowest BCUT2D eigenvalue weighted by Crippen LogP contribution is -2.08. The summed E-state index contributed by atoms with van der Waals surface area (Å²) in [5, 5.41) is 0. The number of hydrogen-bond donors (Lipinski definition) is 1. The molecule has 3 rings (SSSR count). The molecule has 0 saturated heterocycles. The molecule has 0 spiro atoms. The highest BCUT2D eigenvalue weighted by atomic mass is 14.7. The number of aromatic nitrogens is 1. The molecule has 1 heterocycles. The molecule has 1 unspecified atom stereocenters. The molecule has 0 saturated carbocycles. The summed E-state index contributed by atoms with van der Waals surface area (Å²) < 4.78 is 0.